The third kappa shape index (κ3) is 3.67. The second-order valence-electron chi connectivity index (χ2n) is 4.00. The van der Waals surface area contributed by atoms with Crippen LogP contribution in [0.25, 0.3) is 0 Å². The number of carbonyl (C=O) groups excluding carboxylic acids is 1. The van der Waals surface area contributed by atoms with Gasteiger partial charge in [-0.1, -0.05) is 0 Å². The van der Waals surface area contributed by atoms with Crippen molar-refractivity contribution < 1.29 is 9.90 Å². The SMILES string of the molecule is CC(C)N(CCCO)C(=O)c1cnc(N)cn1. The van der Waals surface area contributed by atoms with Gasteiger partial charge in [0, 0.05) is 19.2 Å². The fraction of sp³-hybridized carbons (Fsp3) is 0.545. The molecule has 0 aliphatic heterocycles. The molecule has 0 unspecified atom stereocenters. The summed E-state index contributed by atoms with van der Waals surface area (Å²) >= 11 is 0. The Bertz CT molecular complexity index is 364. The maximum atomic E-state index is 12.1. The van der Waals surface area contributed by atoms with E-state index in [1.807, 2.05) is 13.8 Å². The molecule has 0 spiro atoms. The van der Waals surface area contributed by atoms with Gasteiger partial charge in [-0.2, -0.15) is 0 Å². The van der Waals surface area contributed by atoms with Crippen molar-refractivity contribution in [3.8, 4) is 0 Å². The van der Waals surface area contributed by atoms with Crippen LogP contribution in [-0.4, -0.2) is 45.1 Å². The molecule has 6 heteroatoms. The third-order valence-corrected chi connectivity index (χ3v) is 2.33. The van der Waals surface area contributed by atoms with Gasteiger partial charge in [-0.05, 0) is 20.3 Å². The Labute approximate surface area is 100 Å². The van der Waals surface area contributed by atoms with Crippen LogP contribution in [0.5, 0.6) is 0 Å². The minimum Gasteiger partial charge on any atom is -0.396 e. The van der Waals surface area contributed by atoms with Crippen molar-refractivity contribution in [3.63, 3.8) is 0 Å². The minimum absolute atomic E-state index is 0.0494. The molecule has 1 aromatic rings. The largest absolute Gasteiger partial charge is 0.396 e. The van der Waals surface area contributed by atoms with E-state index < -0.39 is 0 Å². The summed E-state index contributed by atoms with van der Waals surface area (Å²) in [5.41, 5.74) is 5.68. The number of nitrogen functional groups attached to an aromatic ring is 1. The van der Waals surface area contributed by atoms with Crippen LogP contribution in [0.3, 0.4) is 0 Å². The molecule has 0 saturated heterocycles. The van der Waals surface area contributed by atoms with Gasteiger partial charge in [-0.3, -0.25) is 4.79 Å². The lowest BCUT2D eigenvalue weighted by Gasteiger charge is -2.26. The zero-order chi connectivity index (χ0) is 12.8. The van der Waals surface area contributed by atoms with Crippen LogP contribution in [-0.2, 0) is 0 Å². The van der Waals surface area contributed by atoms with E-state index in [-0.39, 0.29) is 30.1 Å². The lowest BCUT2D eigenvalue weighted by atomic mass is 10.2. The zero-order valence-corrected chi connectivity index (χ0v) is 10.1. The van der Waals surface area contributed by atoms with Gasteiger partial charge in [-0.25, -0.2) is 9.97 Å². The number of rotatable bonds is 5. The van der Waals surface area contributed by atoms with E-state index in [1.165, 1.54) is 12.4 Å². The Morgan fingerprint density at radius 1 is 1.47 bits per heavy atom. The van der Waals surface area contributed by atoms with Gasteiger partial charge in [0.05, 0.1) is 12.4 Å². The lowest BCUT2D eigenvalue weighted by Crippen LogP contribution is -2.38. The predicted molar refractivity (Wildman–Crippen MR) is 64.3 cm³/mol. The number of carbonyl (C=O) groups is 1. The van der Waals surface area contributed by atoms with Crippen LogP contribution in [0.15, 0.2) is 12.4 Å². The van der Waals surface area contributed by atoms with Crippen LogP contribution in [0.1, 0.15) is 30.8 Å². The van der Waals surface area contributed by atoms with Gasteiger partial charge in [0.15, 0.2) is 0 Å². The molecular weight excluding hydrogens is 220 g/mol. The molecule has 94 valence electrons. The van der Waals surface area contributed by atoms with Crippen LogP contribution >= 0.6 is 0 Å². The van der Waals surface area contributed by atoms with Gasteiger partial charge in [-0.15, -0.1) is 0 Å². The summed E-state index contributed by atoms with van der Waals surface area (Å²) in [5.74, 6) is 0.0916. The van der Waals surface area contributed by atoms with Gasteiger partial charge in [0.25, 0.3) is 5.91 Å². The molecular formula is C11H18N4O2. The highest BCUT2D eigenvalue weighted by Gasteiger charge is 2.19. The van der Waals surface area contributed by atoms with E-state index >= 15 is 0 Å². The number of nitrogens with two attached hydrogens (primary N) is 1. The van der Waals surface area contributed by atoms with Crippen molar-refractivity contribution in [2.75, 3.05) is 18.9 Å². The number of amides is 1. The molecule has 3 N–H and O–H groups in total. The van der Waals surface area contributed by atoms with E-state index in [2.05, 4.69) is 9.97 Å². The van der Waals surface area contributed by atoms with Gasteiger partial charge in [0.2, 0.25) is 0 Å². The molecule has 1 heterocycles. The number of aliphatic hydroxyl groups excluding tert-OH is 1. The first kappa shape index (κ1) is 13.4. The summed E-state index contributed by atoms with van der Waals surface area (Å²) < 4.78 is 0. The molecule has 0 aromatic carbocycles. The molecule has 0 atom stereocenters. The summed E-state index contributed by atoms with van der Waals surface area (Å²) in [6.07, 6.45) is 3.27. The maximum absolute atomic E-state index is 12.1. The van der Waals surface area contributed by atoms with Crippen molar-refractivity contribution in [2.45, 2.75) is 26.3 Å². The van der Waals surface area contributed by atoms with Gasteiger partial charge >= 0.3 is 0 Å². The molecule has 1 rings (SSSR count). The van der Waals surface area contributed by atoms with E-state index in [0.717, 1.165) is 0 Å². The third-order valence-electron chi connectivity index (χ3n) is 2.33. The van der Waals surface area contributed by atoms with Crippen molar-refractivity contribution in [1.82, 2.24) is 14.9 Å². The molecule has 0 fully saturated rings. The second-order valence-corrected chi connectivity index (χ2v) is 4.00. The van der Waals surface area contributed by atoms with E-state index in [1.54, 1.807) is 4.90 Å². The Kier molecular flexibility index (Phi) is 4.84. The number of nitrogens with zero attached hydrogens (tertiary/aromatic N) is 3. The first-order chi connectivity index (χ1) is 8.06. The molecule has 0 saturated carbocycles. The lowest BCUT2D eigenvalue weighted by molar-refractivity contribution is 0.0686. The summed E-state index contributed by atoms with van der Waals surface area (Å²) in [6.45, 7) is 4.39. The van der Waals surface area contributed by atoms with Crippen molar-refractivity contribution >= 4 is 11.7 Å². The summed E-state index contributed by atoms with van der Waals surface area (Å²) in [5, 5.41) is 8.80. The van der Waals surface area contributed by atoms with Crippen LogP contribution in [0.4, 0.5) is 5.82 Å². The number of anilines is 1. The van der Waals surface area contributed by atoms with Crippen LogP contribution in [0.2, 0.25) is 0 Å². The van der Waals surface area contributed by atoms with Crippen LogP contribution < -0.4 is 5.73 Å². The van der Waals surface area contributed by atoms with Gasteiger partial charge < -0.3 is 15.7 Å². The molecule has 17 heavy (non-hydrogen) atoms. The quantitative estimate of drug-likeness (QED) is 0.769. The van der Waals surface area contributed by atoms with E-state index in [0.29, 0.717) is 13.0 Å². The highest BCUT2D eigenvalue weighted by atomic mass is 16.3. The summed E-state index contributed by atoms with van der Waals surface area (Å²) in [7, 11) is 0. The smallest absolute Gasteiger partial charge is 0.274 e. The summed E-state index contributed by atoms with van der Waals surface area (Å²) in [6, 6.07) is 0.0494. The normalized spacial score (nSPS) is 10.6. The fourth-order valence-corrected chi connectivity index (χ4v) is 1.43. The average Bonchev–Trinajstić information content (AvgIpc) is 2.29. The van der Waals surface area contributed by atoms with Crippen molar-refractivity contribution in [2.24, 2.45) is 0 Å². The number of hydrogen-bond donors (Lipinski definition) is 2. The molecule has 6 nitrogen and oxygen atoms in total. The van der Waals surface area contributed by atoms with Gasteiger partial charge in [0.1, 0.15) is 11.5 Å². The predicted octanol–water partition coefficient (Wildman–Crippen LogP) is 0.292. The highest BCUT2D eigenvalue weighted by molar-refractivity contribution is 5.92. The first-order valence-electron chi connectivity index (χ1n) is 5.55. The fourth-order valence-electron chi connectivity index (χ4n) is 1.43. The monoisotopic (exact) mass is 238 g/mol. The Balaban J connectivity index is 2.80. The second kappa shape index (κ2) is 6.15. The number of aromatic nitrogens is 2. The van der Waals surface area contributed by atoms with E-state index in [4.69, 9.17) is 10.8 Å². The van der Waals surface area contributed by atoms with Crippen molar-refractivity contribution in [3.05, 3.63) is 18.1 Å². The molecule has 1 amide bonds. The standard InChI is InChI=1S/C11H18N4O2/c1-8(2)15(4-3-5-16)11(17)9-6-14-10(12)7-13-9/h6-8,16H,3-5H2,1-2H3,(H2,12,14). The Hall–Kier alpha value is -1.69. The molecule has 0 aliphatic carbocycles. The van der Waals surface area contributed by atoms with Crippen molar-refractivity contribution in [1.29, 1.82) is 0 Å². The Morgan fingerprint density at radius 2 is 2.18 bits per heavy atom. The van der Waals surface area contributed by atoms with Crippen LogP contribution in [0, 0.1) is 0 Å². The number of hydrogen-bond acceptors (Lipinski definition) is 5. The first-order valence-corrected chi connectivity index (χ1v) is 5.55. The van der Waals surface area contributed by atoms with E-state index in [9.17, 15) is 4.79 Å². The Morgan fingerprint density at radius 3 is 2.65 bits per heavy atom. The highest BCUT2D eigenvalue weighted by Crippen LogP contribution is 2.07. The topological polar surface area (TPSA) is 92.3 Å². The zero-order valence-electron chi connectivity index (χ0n) is 10.1. The minimum atomic E-state index is -0.194. The molecule has 0 bridgehead atoms. The molecule has 0 aliphatic rings. The maximum Gasteiger partial charge on any atom is 0.274 e. The summed E-state index contributed by atoms with van der Waals surface area (Å²) in [4.78, 5) is 21.5. The average molecular weight is 238 g/mol. The molecule has 0 radical (unpaired) electrons. The molecule has 1 aromatic heterocycles. The number of aliphatic hydroxyl groups is 1.